The van der Waals surface area contributed by atoms with Gasteiger partial charge in [0.15, 0.2) is 17.7 Å². The maximum Gasteiger partial charge on any atom is 0.337 e. The highest BCUT2D eigenvalue weighted by Crippen LogP contribution is 2.35. The number of benzene rings is 2. The largest absolute Gasteiger partial charge is 0.490 e. The van der Waals surface area contributed by atoms with Crippen LogP contribution in [0.1, 0.15) is 36.7 Å². The summed E-state index contributed by atoms with van der Waals surface area (Å²) in [5.41, 5.74) is 6.82. The van der Waals surface area contributed by atoms with E-state index in [2.05, 4.69) is 27.1 Å². The number of nitrogens with zero attached hydrogens (tertiary/aromatic N) is 2. The molecule has 0 saturated carbocycles. The van der Waals surface area contributed by atoms with E-state index < -0.39 is 24.3 Å². The van der Waals surface area contributed by atoms with Crippen LogP contribution in [0.15, 0.2) is 58.8 Å². The number of fused-ring (bicyclic) bond motifs is 1. The van der Waals surface area contributed by atoms with Gasteiger partial charge < -0.3 is 34.5 Å². The normalized spacial score (nSPS) is 15.7. The van der Waals surface area contributed by atoms with Gasteiger partial charge in [0.25, 0.3) is 0 Å². The van der Waals surface area contributed by atoms with Crippen molar-refractivity contribution in [2.45, 2.75) is 39.6 Å². The van der Waals surface area contributed by atoms with Gasteiger partial charge >= 0.3 is 12.0 Å². The molecule has 0 radical (unpaired) electrons. The van der Waals surface area contributed by atoms with E-state index in [9.17, 15) is 14.7 Å². The van der Waals surface area contributed by atoms with Gasteiger partial charge in [-0.15, -0.1) is 6.42 Å². The zero-order valence-corrected chi connectivity index (χ0v) is 23.4. The van der Waals surface area contributed by atoms with Crippen molar-refractivity contribution >= 4 is 29.1 Å². The fourth-order valence-corrected chi connectivity index (χ4v) is 4.73. The summed E-state index contributed by atoms with van der Waals surface area (Å²) in [5.74, 6) is 2.86. The summed E-state index contributed by atoms with van der Waals surface area (Å²) in [6, 6.07) is 11.7. The Balaban J connectivity index is 1.47. The number of rotatable bonds is 11. The van der Waals surface area contributed by atoms with E-state index in [4.69, 9.17) is 20.6 Å². The minimum atomic E-state index is -1.13. The molecule has 0 aliphatic carbocycles. The summed E-state index contributed by atoms with van der Waals surface area (Å²) in [6.45, 7) is 6.07. The van der Waals surface area contributed by atoms with Crippen LogP contribution in [0.25, 0.3) is 10.9 Å². The first-order valence-electron chi connectivity index (χ1n) is 13.0. The molecular formula is C30H33N5O6. The van der Waals surface area contributed by atoms with Crippen LogP contribution in [0, 0.1) is 19.3 Å². The lowest BCUT2D eigenvalue weighted by molar-refractivity contribution is -0.136. The first kappa shape index (κ1) is 29.0. The second-order valence-electron chi connectivity index (χ2n) is 9.22. The number of methoxy groups -OCH3 is 1. The zero-order chi connectivity index (χ0) is 29.5. The molecule has 0 bridgehead atoms. The standard InChI is InChI=1S/C30H33N5O6/c1-6-14-35-19(4)22(21-10-8-9-11-23(21)35)16-31-34-26(36)17-41-24-13-12-20(15-25(24)40-7-2)28-27(29(37)39-5)18(3)32-30(38)33-28/h1,8-13,15-16,26,28,34,36H,7,14,17H2,2-5H3,(H2,32,33,38)/b31-16+/t26-,28+/m0/s1. The Morgan fingerprint density at radius 1 is 1.24 bits per heavy atom. The van der Waals surface area contributed by atoms with Gasteiger partial charge in [0, 0.05) is 27.9 Å². The third-order valence-electron chi connectivity index (χ3n) is 6.62. The number of nitrogens with one attached hydrogen (secondary N) is 3. The minimum absolute atomic E-state index is 0.134. The van der Waals surface area contributed by atoms with E-state index in [1.54, 1.807) is 31.3 Å². The third-order valence-corrected chi connectivity index (χ3v) is 6.62. The van der Waals surface area contributed by atoms with Crippen molar-refractivity contribution in [3.63, 3.8) is 0 Å². The summed E-state index contributed by atoms with van der Waals surface area (Å²) < 4.78 is 18.5. The number of carbonyl (C=O) groups excluding carboxylic acids is 2. The molecule has 41 heavy (non-hydrogen) atoms. The SMILES string of the molecule is C#CCn1c(C)c(/C=N/N[C@@H](O)COc2ccc([C@H]3NC(=O)NC(C)=C3C(=O)OC)cc2OCC)c2ccccc21. The number of aliphatic hydroxyl groups excluding tert-OH is 1. The second kappa shape index (κ2) is 12.9. The van der Waals surface area contributed by atoms with E-state index in [0.717, 1.165) is 22.2 Å². The molecule has 3 aromatic rings. The third kappa shape index (κ3) is 6.28. The fraction of sp³-hybridized carbons (Fsp3) is 0.300. The highest BCUT2D eigenvalue weighted by molar-refractivity contribution is 6.01. The van der Waals surface area contributed by atoms with Gasteiger partial charge in [-0.05, 0) is 44.5 Å². The minimum Gasteiger partial charge on any atom is -0.490 e. The van der Waals surface area contributed by atoms with Crippen LogP contribution >= 0.6 is 0 Å². The highest BCUT2D eigenvalue weighted by atomic mass is 16.5. The summed E-state index contributed by atoms with van der Waals surface area (Å²) in [7, 11) is 1.28. The van der Waals surface area contributed by atoms with E-state index in [0.29, 0.717) is 35.9 Å². The molecule has 2 aromatic carbocycles. The van der Waals surface area contributed by atoms with Gasteiger partial charge in [0.2, 0.25) is 0 Å². The molecule has 1 aliphatic heterocycles. The van der Waals surface area contributed by atoms with Crippen molar-refractivity contribution in [2.24, 2.45) is 5.10 Å². The van der Waals surface area contributed by atoms with E-state index >= 15 is 0 Å². The van der Waals surface area contributed by atoms with Crippen molar-refractivity contribution in [2.75, 3.05) is 20.3 Å². The molecule has 0 unspecified atom stereocenters. The number of urea groups is 1. The summed E-state index contributed by atoms with van der Waals surface area (Å²) in [5, 5.41) is 21.0. The molecule has 214 valence electrons. The highest BCUT2D eigenvalue weighted by Gasteiger charge is 2.32. The molecule has 1 aromatic heterocycles. The summed E-state index contributed by atoms with van der Waals surface area (Å²) in [6.07, 6.45) is 6.07. The second-order valence-corrected chi connectivity index (χ2v) is 9.22. The predicted molar refractivity (Wildman–Crippen MR) is 154 cm³/mol. The number of aliphatic hydroxyl groups is 1. The number of allylic oxidation sites excluding steroid dienone is 1. The average molecular weight is 560 g/mol. The summed E-state index contributed by atoms with van der Waals surface area (Å²) in [4.78, 5) is 24.6. The van der Waals surface area contributed by atoms with Gasteiger partial charge in [-0.1, -0.05) is 30.2 Å². The number of hydrazone groups is 1. The molecule has 11 heteroatoms. The lowest BCUT2D eigenvalue weighted by Gasteiger charge is -2.28. The lowest BCUT2D eigenvalue weighted by Crippen LogP contribution is -2.45. The Kier molecular flexibility index (Phi) is 9.16. The smallest absolute Gasteiger partial charge is 0.337 e. The molecule has 2 atom stereocenters. The van der Waals surface area contributed by atoms with Crippen molar-refractivity contribution < 1.29 is 28.9 Å². The van der Waals surface area contributed by atoms with Gasteiger partial charge in [0.1, 0.15) is 6.61 Å². The first-order chi connectivity index (χ1) is 19.8. The number of aromatic nitrogens is 1. The van der Waals surface area contributed by atoms with Crippen LogP contribution in [0.3, 0.4) is 0 Å². The van der Waals surface area contributed by atoms with E-state index in [1.165, 1.54) is 7.11 Å². The van der Waals surface area contributed by atoms with Crippen molar-refractivity contribution in [1.29, 1.82) is 0 Å². The molecular weight excluding hydrogens is 526 g/mol. The van der Waals surface area contributed by atoms with Gasteiger partial charge in [-0.25, -0.2) is 9.59 Å². The number of para-hydroxylation sites is 1. The lowest BCUT2D eigenvalue weighted by atomic mass is 9.95. The number of hydrogen-bond acceptors (Lipinski definition) is 8. The number of terminal acetylenes is 1. The molecule has 4 rings (SSSR count). The van der Waals surface area contributed by atoms with E-state index in [1.807, 2.05) is 42.7 Å². The molecule has 11 nitrogen and oxygen atoms in total. The zero-order valence-electron chi connectivity index (χ0n) is 23.4. The van der Waals surface area contributed by atoms with Crippen LogP contribution in [0.5, 0.6) is 11.5 Å². The number of hydrogen-bond donors (Lipinski definition) is 4. The van der Waals surface area contributed by atoms with Gasteiger partial charge in [-0.2, -0.15) is 5.10 Å². The maximum atomic E-state index is 12.4. The molecule has 4 N–H and O–H groups in total. The molecule has 1 aliphatic rings. The molecule has 0 spiro atoms. The van der Waals surface area contributed by atoms with E-state index in [-0.39, 0.29) is 12.2 Å². The molecule has 0 saturated heterocycles. The quantitative estimate of drug-likeness (QED) is 0.0932. The van der Waals surface area contributed by atoms with Crippen LogP contribution in [0.4, 0.5) is 4.79 Å². The van der Waals surface area contributed by atoms with Gasteiger partial charge in [0.05, 0.1) is 38.1 Å². The molecule has 0 fully saturated rings. The Bertz CT molecular complexity index is 1550. The Morgan fingerprint density at radius 2 is 2.02 bits per heavy atom. The fourth-order valence-electron chi connectivity index (χ4n) is 4.73. The van der Waals surface area contributed by atoms with Gasteiger partial charge in [-0.3, -0.25) is 5.43 Å². The van der Waals surface area contributed by atoms with Crippen LogP contribution in [0.2, 0.25) is 0 Å². The number of esters is 1. The predicted octanol–water partition coefficient (Wildman–Crippen LogP) is 3.10. The Labute approximate surface area is 238 Å². The number of carbonyl (C=O) groups is 2. The van der Waals surface area contributed by atoms with Crippen LogP contribution < -0.4 is 25.5 Å². The maximum absolute atomic E-state index is 12.4. The van der Waals surface area contributed by atoms with Crippen molar-refractivity contribution in [3.8, 4) is 23.8 Å². The molecule has 2 amide bonds. The summed E-state index contributed by atoms with van der Waals surface area (Å²) >= 11 is 0. The Hall–Kier alpha value is -4.95. The molecule has 2 heterocycles. The topological polar surface area (TPSA) is 135 Å². The van der Waals surface area contributed by atoms with Crippen LogP contribution in [-0.2, 0) is 16.1 Å². The number of ether oxygens (including phenoxy) is 3. The first-order valence-corrected chi connectivity index (χ1v) is 13.0. The Morgan fingerprint density at radius 3 is 2.76 bits per heavy atom. The van der Waals surface area contributed by atoms with Crippen molar-refractivity contribution in [1.82, 2.24) is 20.6 Å². The average Bonchev–Trinajstić information content (AvgIpc) is 3.22. The monoisotopic (exact) mass is 559 g/mol. The number of amides is 2. The van der Waals surface area contributed by atoms with Crippen LogP contribution in [-0.4, -0.2) is 54.4 Å². The van der Waals surface area contributed by atoms with Crippen molar-refractivity contribution in [3.05, 3.63) is 70.6 Å².